The summed E-state index contributed by atoms with van der Waals surface area (Å²) in [7, 11) is 0. The molecule has 1 aromatic rings. The lowest BCUT2D eigenvalue weighted by molar-refractivity contribution is 0.00652. The van der Waals surface area contributed by atoms with Gasteiger partial charge in [0.15, 0.2) is 0 Å². The zero-order valence-corrected chi connectivity index (χ0v) is 14.8. The van der Waals surface area contributed by atoms with Crippen LogP contribution in [0.1, 0.15) is 37.7 Å². The molecule has 2 amide bonds. The Balaban J connectivity index is 1.68. The van der Waals surface area contributed by atoms with E-state index in [-0.39, 0.29) is 17.5 Å². The molecule has 1 aromatic carbocycles. The van der Waals surface area contributed by atoms with Gasteiger partial charge in [-0.2, -0.15) is 0 Å². The molecule has 2 N–H and O–H groups in total. The molecular formula is C18H26N2O2S. The number of para-hydroxylation sites is 1. The van der Waals surface area contributed by atoms with Crippen LogP contribution in [0.3, 0.4) is 0 Å². The van der Waals surface area contributed by atoms with Gasteiger partial charge in [-0.3, -0.25) is 0 Å². The SMILES string of the molecule is CSc1cccc(C)c1NC(=O)NC1CCCC12CCOCC2. The van der Waals surface area contributed by atoms with Crippen molar-refractivity contribution in [3.8, 4) is 0 Å². The minimum absolute atomic E-state index is 0.0765. The average Bonchev–Trinajstić information content (AvgIpc) is 2.92. The lowest BCUT2D eigenvalue weighted by Crippen LogP contribution is -2.48. The molecule has 0 bridgehead atoms. The lowest BCUT2D eigenvalue weighted by Gasteiger charge is -2.39. The predicted octanol–water partition coefficient (Wildman–Crippen LogP) is 4.19. The molecule has 0 radical (unpaired) electrons. The van der Waals surface area contributed by atoms with Crippen LogP contribution in [0.15, 0.2) is 23.1 Å². The summed E-state index contributed by atoms with van der Waals surface area (Å²) in [5.74, 6) is 0. The molecule has 1 saturated carbocycles. The Kier molecular flexibility index (Phi) is 5.17. The highest BCUT2D eigenvalue weighted by Gasteiger charge is 2.44. The molecule has 2 aliphatic rings. The van der Waals surface area contributed by atoms with Crippen molar-refractivity contribution < 1.29 is 9.53 Å². The summed E-state index contributed by atoms with van der Waals surface area (Å²) in [6, 6.07) is 6.30. The Morgan fingerprint density at radius 1 is 1.30 bits per heavy atom. The highest BCUT2D eigenvalue weighted by molar-refractivity contribution is 7.98. The van der Waals surface area contributed by atoms with Gasteiger partial charge in [0.25, 0.3) is 0 Å². The van der Waals surface area contributed by atoms with E-state index in [4.69, 9.17) is 4.74 Å². The Morgan fingerprint density at radius 2 is 2.09 bits per heavy atom. The number of ether oxygens (including phenoxy) is 1. The smallest absolute Gasteiger partial charge is 0.319 e. The van der Waals surface area contributed by atoms with Crippen LogP contribution in [-0.4, -0.2) is 31.5 Å². The maximum Gasteiger partial charge on any atom is 0.319 e. The number of amides is 2. The summed E-state index contributed by atoms with van der Waals surface area (Å²) >= 11 is 1.66. The lowest BCUT2D eigenvalue weighted by atomic mass is 9.75. The predicted molar refractivity (Wildman–Crippen MR) is 95.2 cm³/mol. The van der Waals surface area contributed by atoms with E-state index in [0.29, 0.717) is 0 Å². The van der Waals surface area contributed by atoms with Crippen LogP contribution >= 0.6 is 11.8 Å². The van der Waals surface area contributed by atoms with Gasteiger partial charge in [0, 0.05) is 24.2 Å². The standard InChI is InChI=1S/C18H26N2O2S/c1-13-5-3-6-14(23-2)16(13)20-17(21)19-15-7-4-8-18(15)9-11-22-12-10-18/h3,5-6,15H,4,7-12H2,1-2H3,(H2,19,20,21). The molecule has 5 heteroatoms. The van der Waals surface area contributed by atoms with Crippen LogP contribution in [-0.2, 0) is 4.74 Å². The second-order valence-corrected chi connectivity index (χ2v) is 7.52. The fourth-order valence-corrected chi connectivity index (χ4v) is 4.65. The van der Waals surface area contributed by atoms with Crippen molar-refractivity contribution in [2.45, 2.75) is 50.0 Å². The van der Waals surface area contributed by atoms with Crippen LogP contribution < -0.4 is 10.6 Å². The number of rotatable bonds is 3. The maximum atomic E-state index is 12.6. The number of nitrogens with one attached hydrogen (secondary N) is 2. The summed E-state index contributed by atoms with van der Waals surface area (Å²) in [4.78, 5) is 13.7. The van der Waals surface area contributed by atoms with Gasteiger partial charge < -0.3 is 15.4 Å². The summed E-state index contributed by atoms with van der Waals surface area (Å²) in [6.07, 6.45) is 7.66. The molecule has 1 unspecified atom stereocenters. The molecular weight excluding hydrogens is 308 g/mol. The Morgan fingerprint density at radius 3 is 2.83 bits per heavy atom. The zero-order chi connectivity index (χ0) is 16.3. The zero-order valence-electron chi connectivity index (χ0n) is 14.0. The molecule has 0 aromatic heterocycles. The quantitative estimate of drug-likeness (QED) is 0.815. The van der Waals surface area contributed by atoms with Crippen LogP contribution in [0.4, 0.5) is 10.5 Å². The first-order valence-electron chi connectivity index (χ1n) is 8.43. The van der Waals surface area contributed by atoms with Gasteiger partial charge in [-0.1, -0.05) is 18.6 Å². The first-order chi connectivity index (χ1) is 11.1. The van der Waals surface area contributed by atoms with Gasteiger partial charge in [-0.05, 0) is 55.9 Å². The van der Waals surface area contributed by atoms with E-state index in [2.05, 4.69) is 10.6 Å². The van der Waals surface area contributed by atoms with Crippen molar-refractivity contribution in [3.63, 3.8) is 0 Å². The number of carbonyl (C=O) groups is 1. The van der Waals surface area contributed by atoms with Crippen molar-refractivity contribution in [2.75, 3.05) is 24.8 Å². The van der Waals surface area contributed by atoms with Gasteiger partial charge in [0.05, 0.1) is 5.69 Å². The summed E-state index contributed by atoms with van der Waals surface area (Å²) in [5, 5.41) is 6.33. The third kappa shape index (κ3) is 3.50. The minimum Gasteiger partial charge on any atom is -0.381 e. The minimum atomic E-state index is -0.0765. The number of aryl methyl sites for hydroxylation is 1. The molecule has 2 fully saturated rings. The molecule has 1 spiro atoms. The second kappa shape index (κ2) is 7.14. The van der Waals surface area contributed by atoms with Gasteiger partial charge in [0.2, 0.25) is 0 Å². The van der Waals surface area contributed by atoms with E-state index < -0.39 is 0 Å². The monoisotopic (exact) mass is 334 g/mol. The highest BCUT2D eigenvalue weighted by Crippen LogP contribution is 2.46. The van der Waals surface area contributed by atoms with Crippen molar-refractivity contribution in [1.82, 2.24) is 5.32 Å². The van der Waals surface area contributed by atoms with Crippen LogP contribution in [0.2, 0.25) is 0 Å². The van der Waals surface area contributed by atoms with E-state index in [1.54, 1.807) is 11.8 Å². The molecule has 1 heterocycles. The number of hydrogen-bond acceptors (Lipinski definition) is 3. The normalized spacial score (nSPS) is 23.0. The van der Waals surface area contributed by atoms with Gasteiger partial charge in [0.1, 0.15) is 0 Å². The molecule has 126 valence electrons. The topological polar surface area (TPSA) is 50.4 Å². The average molecular weight is 334 g/mol. The van der Waals surface area contributed by atoms with E-state index in [9.17, 15) is 4.79 Å². The number of urea groups is 1. The van der Waals surface area contributed by atoms with Crippen LogP contribution in [0.25, 0.3) is 0 Å². The van der Waals surface area contributed by atoms with E-state index >= 15 is 0 Å². The maximum absolute atomic E-state index is 12.6. The summed E-state index contributed by atoms with van der Waals surface area (Å²) in [5.41, 5.74) is 2.28. The van der Waals surface area contributed by atoms with Crippen molar-refractivity contribution >= 4 is 23.5 Å². The third-order valence-electron chi connectivity index (χ3n) is 5.39. The number of benzene rings is 1. The Bertz CT molecular complexity index is 570. The first-order valence-corrected chi connectivity index (χ1v) is 9.66. The molecule has 1 atom stereocenters. The van der Waals surface area contributed by atoms with Gasteiger partial charge >= 0.3 is 6.03 Å². The fraction of sp³-hybridized carbons (Fsp3) is 0.611. The van der Waals surface area contributed by atoms with Crippen molar-refractivity contribution in [1.29, 1.82) is 0 Å². The molecule has 1 aliphatic heterocycles. The molecule has 3 rings (SSSR count). The van der Waals surface area contributed by atoms with E-state index in [1.807, 2.05) is 31.4 Å². The van der Waals surface area contributed by atoms with E-state index in [1.165, 1.54) is 12.8 Å². The number of thioether (sulfide) groups is 1. The Hall–Kier alpha value is -1.20. The van der Waals surface area contributed by atoms with Gasteiger partial charge in [-0.15, -0.1) is 11.8 Å². The largest absolute Gasteiger partial charge is 0.381 e. The van der Waals surface area contributed by atoms with Crippen molar-refractivity contribution in [2.24, 2.45) is 5.41 Å². The third-order valence-corrected chi connectivity index (χ3v) is 6.17. The summed E-state index contributed by atoms with van der Waals surface area (Å²) < 4.78 is 5.52. The number of hydrogen-bond donors (Lipinski definition) is 2. The molecule has 4 nitrogen and oxygen atoms in total. The summed E-state index contributed by atoms with van der Waals surface area (Å²) in [6.45, 7) is 3.69. The molecule has 23 heavy (non-hydrogen) atoms. The fourth-order valence-electron chi connectivity index (χ4n) is 4.02. The van der Waals surface area contributed by atoms with Gasteiger partial charge in [-0.25, -0.2) is 4.79 Å². The van der Waals surface area contributed by atoms with Crippen molar-refractivity contribution in [3.05, 3.63) is 23.8 Å². The number of carbonyl (C=O) groups excluding carboxylic acids is 1. The second-order valence-electron chi connectivity index (χ2n) is 6.67. The Labute approximate surface area is 142 Å². The van der Waals surface area contributed by atoms with Crippen LogP contribution in [0.5, 0.6) is 0 Å². The highest BCUT2D eigenvalue weighted by atomic mass is 32.2. The van der Waals surface area contributed by atoms with Crippen LogP contribution in [0, 0.1) is 12.3 Å². The number of anilines is 1. The molecule has 1 saturated heterocycles. The molecule has 1 aliphatic carbocycles. The first kappa shape index (κ1) is 16.7. The van der Waals surface area contributed by atoms with E-state index in [0.717, 1.165) is 48.6 Å².